The molecule has 0 saturated carbocycles. The van der Waals surface area contributed by atoms with Crippen LogP contribution >= 0.6 is 0 Å². The van der Waals surface area contributed by atoms with E-state index in [2.05, 4.69) is 24.1 Å². The monoisotopic (exact) mass is 420 g/mol. The molecule has 162 valence electrons. The number of alkyl halides is 3. The Hall–Kier alpha value is -2.61. The number of hydrogen-bond donors (Lipinski definition) is 1. The lowest BCUT2D eigenvalue weighted by molar-refractivity contribution is -0.137. The maximum Gasteiger partial charge on any atom is 0.417 e. The molecule has 1 aromatic carbocycles. The first-order chi connectivity index (χ1) is 14.3. The van der Waals surface area contributed by atoms with E-state index < -0.39 is 11.7 Å². The van der Waals surface area contributed by atoms with E-state index in [0.29, 0.717) is 37.9 Å². The summed E-state index contributed by atoms with van der Waals surface area (Å²) in [5.41, 5.74) is 1.28. The summed E-state index contributed by atoms with van der Waals surface area (Å²) in [7, 11) is 0. The van der Waals surface area contributed by atoms with Gasteiger partial charge in [-0.2, -0.15) is 13.2 Å². The maximum absolute atomic E-state index is 12.7. The SMILES string of the molecule is CC[C@H](C)c1ccc(NC(=O)CN2CCN(c3ccc(C(F)(F)F)cn3)CC2)cc1. The maximum atomic E-state index is 12.7. The molecule has 1 saturated heterocycles. The van der Waals surface area contributed by atoms with Crippen LogP contribution in [0.3, 0.4) is 0 Å². The van der Waals surface area contributed by atoms with Crippen LogP contribution in [-0.4, -0.2) is 48.5 Å². The molecule has 1 aromatic heterocycles. The number of carbonyl (C=O) groups is 1. The lowest BCUT2D eigenvalue weighted by Crippen LogP contribution is -2.48. The molecule has 0 spiro atoms. The number of rotatable bonds is 6. The molecule has 1 fully saturated rings. The second-order valence-electron chi connectivity index (χ2n) is 7.65. The highest BCUT2D eigenvalue weighted by atomic mass is 19.4. The number of benzene rings is 1. The Labute approximate surface area is 174 Å². The number of hydrogen-bond acceptors (Lipinski definition) is 4. The van der Waals surface area contributed by atoms with Crippen LogP contribution < -0.4 is 10.2 Å². The van der Waals surface area contributed by atoms with Crippen LogP contribution in [0.15, 0.2) is 42.6 Å². The van der Waals surface area contributed by atoms with E-state index in [1.165, 1.54) is 11.6 Å². The van der Waals surface area contributed by atoms with Crippen molar-refractivity contribution in [2.75, 3.05) is 42.9 Å². The van der Waals surface area contributed by atoms with E-state index in [1.54, 1.807) is 0 Å². The molecule has 1 aliphatic rings. The average molecular weight is 420 g/mol. The molecule has 3 rings (SSSR count). The largest absolute Gasteiger partial charge is 0.417 e. The molecule has 8 heteroatoms. The first kappa shape index (κ1) is 22.1. The fourth-order valence-corrected chi connectivity index (χ4v) is 3.41. The Morgan fingerprint density at radius 1 is 1.10 bits per heavy atom. The molecule has 0 unspecified atom stereocenters. The number of carbonyl (C=O) groups excluding carboxylic acids is 1. The van der Waals surface area contributed by atoms with Gasteiger partial charge in [0.05, 0.1) is 12.1 Å². The Morgan fingerprint density at radius 3 is 2.30 bits per heavy atom. The minimum Gasteiger partial charge on any atom is -0.354 e. The number of halogens is 3. The molecular weight excluding hydrogens is 393 g/mol. The minimum atomic E-state index is -4.38. The van der Waals surface area contributed by atoms with Gasteiger partial charge in [-0.15, -0.1) is 0 Å². The summed E-state index contributed by atoms with van der Waals surface area (Å²) >= 11 is 0. The van der Waals surface area contributed by atoms with Crippen LogP contribution in [0.2, 0.25) is 0 Å². The molecule has 0 radical (unpaired) electrons. The van der Waals surface area contributed by atoms with E-state index in [9.17, 15) is 18.0 Å². The van der Waals surface area contributed by atoms with Crippen LogP contribution in [-0.2, 0) is 11.0 Å². The number of nitrogens with zero attached hydrogens (tertiary/aromatic N) is 3. The Bertz CT molecular complexity index is 829. The number of amides is 1. The third kappa shape index (κ3) is 5.72. The predicted octanol–water partition coefficient (Wildman–Crippen LogP) is 4.37. The molecule has 0 bridgehead atoms. The Morgan fingerprint density at radius 2 is 1.77 bits per heavy atom. The van der Waals surface area contributed by atoms with Gasteiger partial charge in [-0.1, -0.05) is 26.0 Å². The van der Waals surface area contributed by atoms with Gasteiger partial charge in [0.1, 0.15) is 5.82 Å². The molecule has 1 amide bonds. The van der Waals surface area contributed by atoms with E-state index in [1.807, 2.05) is 34.1 Å². The smallest absolute Gasteiger partial charge is 0.354 e. The predicted molar refractivity (Wildman–Crippen MR) is 112 cm³/mol. The molecule has 0 aliphatic carbocycles. The van der Waals surface area contributed by atoms with Crippen molar-refractivity contribution in [3.05, 3.63) is 53.7 Å². The Kier molecular flexibility index (Phi) is 6.97. The van der Waals surface area contributed by atoms with Crippen molar-refractivity contribution >= 4 is 17.4 Å². The number of aromatic nitrogens is 1. The van der Waals surface area contributed by atoms with Crippen molar-refractivity contribution in [2.45, 2.75) is 32.4 Å². The van der Waals surface area contributed by atoms with Gasteiger partial charge in [0.15, 0.2) is 0 Å². The molecule has 1 aliphatic heterocycles. The first-order valence-corrected chi connectivity index (χ1v) is 10.2. The lowest BCUT2D eigenvalue weighted by atomic mass is 9.99. The molecule has 30 heavy (non-hydrogen) atoms. The van der Waals surface area contributed by atoms with Crippen molar-refractivity contribution < 1.29 is 18.0 Å². The summed E-state index contributed by atoms with van der Waals surface area (Å²) in [5, 5.41) is 2.92. The second-order valence-corrected chi connectivity index (χ2v) is 7.65. The summed E-state index contributed by atoms with van der Waals surface area (Å²) in [6.45, 7) is 7.10. The highest BCUT2D eigenvalue weighted by molar-refractivity contribution is 5.92. The summed E-state index contributed by atoms with van der Waals surface area (Å²) in [4.78, 5) is 20.3. The summed E-state index contributed by atoms with van der Waals surface area (Å²) in [6.07, 6.45) is -2.45. The third-order valence-electron chi connectivity index (χ3n) is 5.51. The fourth-order valence-electron chi connectivity index (χ4n) is 3.41. The van der Waals surface area contributed by atoms with Gasteiger partial charge in [0, 0.05) is 38.1 Å². The van der Waals surface area contributed by atoms with Crippen LogP contribution in [0, 0.1) is 0 Å². The zero-order chi connectivity index (χ0) is 21.7. The van der Waals surface area contributed by atoms with Gasteiger partial charge >= 0.3 is 6.18 Å². The lowest BCUT2D eigenvalue weighted by Gasteiger charge is -2.35. The first-order valence-electron chi connectivity index (χ1n) is 10.2. The molecule has 2 aromatic rings. The van der Waals surface area contributed by atoms with Gasteiger partial charge in [-0.05, 0) is 42.2 Å². The van der Waals surface area contributed by atoms with Crippen molar-refractivity contribution in [2.24, 2.45) is 0 Å². The average Bonchev–Trinajstić information content (AvgIpc) is 2.73. The van der Waals surface area contributed by atoms with Crippen molar-refractivity contribution in [3.8, 4) is 0 Å². The topological polar surface area (TPSA) is 48.5 Å². The molecule has 1 atom stereocenters. The Balaban J connectivity index is 1.46. The van der Waals surface area contributed by atoms with Gasteiger partial charge in [0.2, 0.25) is 5.91 Å². The van der Waals surface area contributed by atoms with Gasteiger partial charge in [-0.3, -0.25) is 9.69 Å². The third-order valence-corrected chi connectivity index (χ3v) is 5.51. The number of pyridine rings is 1. The van der Waals surface area contributed by atoms with Crippen LogP contribution in [0.4, 0.5) is 24.7 Å². The van der Waals surface area contributed by atoms with Crippen LogP contribution in [0.25, 0.3) is 0 Å². The van der Waals surface area contributed by atoms with Gasteiger partial charge in [-0.25, -0.2) is 4.98 Å². The summed E-state index contributed by atoms with van der Waals surface area (Å²) in [6, 6.07) is 10.4. The van der Waals surface area contributed by atoms with Gasteiger partial charge in [0.25, 0.3) is 0 Å². The number of piperazine rings is 1. The zero-order valence-electron chi connectivity index (χ0n) is 17.2. The minimum absolute atomic E-state index is 0.0765. The van der Waals surface area contributed by atoms with Crippen molar-refractivity contribution in [1.29, 1.82) is 0 Å². The van der Waals surface area contributed by atoms with E-state index in [-0.39, 0.29) is 12.5 Å². The van der Waals surface area contributed by atoms with Crippen molar-refractivity contribution in [3.63, 3.8) is 0 Å². The quantitative estimate of drug-likeness (QED) is 0.754. The molecule has 1 N–H and O–H groups in total. The summed E-state index contributed by atoms with van der Waals surface area (Å²) in [5.74, 6) is 0.936. The second kappa shape index (κ2) is 9.47. The number of anilines is 2. The van der Waals surface area contributed by atoms with Crippen LogP contribution in [0.5, 0.6) is 0 Å². The van der Waals surface area contributed by atoms with Crippen LogP contribution in [0.1, 0.15) is 37.3 Å². The van der Waals surface area contributed by atoms with Gasteiger partial charge < -0.3 is 10.2 Å². The van der Waals surface area contributed by atoms with Crippen molar-refractivity contribution in [1.82, 2.24) is 9.88 Å². The normalized spacial score (nSPS) is 16.4. The van der Waals surface area contributed by atoms with E-state index in [0.717, 1.165) is 24.4 Å². The summed E-state index contributed by atoms with van der Waals surface area (Å²) < 4.78 is 38.0. The zero-order valence-corrected chi connectivity index (χ0v) is 17.2. The molecule has 2 heterocycles. The molecule has 5 nitrogen and oxygen atoms in total. The fraction of sp³-hybridized carbons (Fsp3) is 0.455. The highest BCUT2D eigenvalue weighted by Gasteiger charge is 2.31. The molecular formula is C22H27F3N4O. The highest BCUT2D eigenvalue weighted by Crippen LogP contribution is 2.29. The standard InChI is InChI=1S/C22H27F3N4O/c1-3-16(2)17-4-7-19(8-5-17)27-21(30)15-28-10-12-29(13-11-28)20-9-6-18(14-26-20)22(23,24)25/h4-9,14,16H,3,10-13,15H2,1-2H3,(H,27,30)/t16-/m0/s1. The van der Waals surface area contributed by atoms with E-state index in [4.69, 9.17) is 0 Å². The number of nitrogens with one attached hydrogen (secondary N) is 1. The van der Waals surface area contributed by atoms with E-state index >= 15 is 0 Å².